The van der Waals surface area contributed by atoms with E-state index in [1.165, 1.54) is 42.5 Å². The average Bonchev–Trinajstić information content (AvgIpc) is 2.72. The number of amides is 5. The van der Waals surface area contributed by atoms with Crippen molar-refractivity contribution in [3.63, 3.8) is 0 Å². The number of barbiturate groups is 1. The Balaban J connectivity index is 2.00. The molecule has 10 nitrogen and oxygen atoms in total. The number of aromatic hydroxyl groups is 1. The van der Waals surface area contributed by atoms with Gasteiger partial charge in [-0.25, -0.2) is 9.69 Å². The van der Waals surface area contributed by atoms with E-state index in [1.807, 2.05) is 0 Å². The van der Waals surface area contributed by atoms with E-state index in [4.69, 9.17) is 26.8 Å². The molecule has 5 amide bonds. The van der Waals surface area contributed by atoms with Gasteiger partial charge < -0.3 is 20.3 Å². The molecule has 1 heterocycles. The standard InChI is InChI=1S/C21H18ClN3O7/c1-2-31-16-9-11(8-15(22)18(16)32-10-17(23)27)7-14-19(28)24-21(30)25(20(14)29)12-3-5-13(26)6-4-12/h3-9,26H,2,10H2,1H3,(H2,23,27)(H,24,28,30)/b14-7+. The third-order valence-electron chi connectivity index (χ3n) is 4.21. The largest absolute Gasteiger partial charge is 0.508 e. The van der Waals surface area contributed by atoms with Crippen LogP contribution >= 0.6 is 11.6 Å². The zero-order chi connectivity index (χ0) is 23.4. The summed E-state index contributed by atoms with van der Waals surface area (Å²) >= 11 is 6.25. The Bertz CT molecular complexity index is 1130. The van der Waals surface area contributed by atoms with E-state index >= 15 is 0 Å². The maximum absolute atomic E-state index is 12.9. The van der Waals surface area contributed by atoms with Crippen molar-refractivity contribution >= 4 is 47.1 Å². The number of rotatable bonds is 7. The molecule has 1 fully saturated rings. The molecule has 1 aliphatic heterocycles. The quantitative estimate of drug-likeness (QED) is 0.423. The summed E-state index contributed by atoms with van der Waals surface area (Å²) in [5.41, 5.74) is 5.23. The SMILES string of the molecule is CCOc1cc(/C=C2\C(=O)NC(=O)N(c3ccc(O)cc3)C2=O)cc(Cl)c1OCC(N)=O. The molecular formula is C21H18ClN3O7. The lowest BCUT2D eigenvalue weighted by atomic mass is 10.1. The molecule has 0 radical (unpaired) electrons. The van der Waals surface area contributed by atoms with Crippen LogP contribution in [0.3, 0.4) is 0 Å². The highest BCUT2D eigenvalue weighted by Gasteiger charge is 2.36. The summed E-state index contributed by atoms with van der Waals surface area (Å²) in [6.45, 7) is 1.53. The summed E-state index contributed by atoms with van der Waals surface area (Å²) in [7, 11) is 0. The predicted molar refractivity (Wildman–Crippen MR) is 114 cm³/mol. The number of nitrogens with zero attached hydrogens (tertiary/aromatic N) is 1. The second kappa shape index (κ2) is 9.40. The highest BCUT2D eigenvalue weighted by molar-refractivity contribution is 6.39. The van der Waals surface area contributed by atoms with Crippen LogP contribution in [0.4, 0.5) is 10.5 Å². The van der Waals surface area contributed by atoms with Crippen LogP contribution in [-0.4, -0.2) is 42.1 Å². The number of phenolic OH excluding ortho intramolecular Hbond substituents is 1. The number of nitrogens with one attached hydrogen (secondary N) is 1. The van der Waals surface area contributed by atoms with Crippen molar-refractivity contribution in [3.8, 4) is 17.2 Å². The lowest BCUT2D eigenvalue weighted by Gasteiger charge is -2.26. The van der Waals surface area contributed by atoms with Crippen LogP contribution in [0.15, 0.2) is 42.0 Å². The van der Waals surface area contributed by atoms with E-state index < -0.39 is 30.4 Å². The number of primary amides is 1. The number of carbonyl (C=O) groups is 4. The third kappa shape index (κ3) is 4.81. The molecule has 2 aromatic carbocycles. The minimum Gasteiger partial charge on any atom is -0.508 e. The van der Waals surface area contributed by atoms with Gasteiger partial charge in [0.25, 0.3) is 17.7 Å². The van der Waals surface area contributed by atoms with E-state index in [0.29, 0.717) is 5.56 Å². The predicted octanol–water partition coefficient (Wildman–Crippen LogP) is 1.97. The van der Waals surface area contributed by atoms with Gasteiger partial charge in [-0.05, 0) is 55.0 Å². The summed E-state index contributed by atoms with van der Waals surface area (Å²) in [6, 6.07) is 7.25. The van der Waals surface area contributed by atoms with Crippen LogP contribution in [0.5, 0.6) is 17.2 Å². The normalized spacial score (nSPS) is 15.0. The molecule has 0 bridgehead atoms. The monoisotopic (exact) mass is 459 g/mol. The Kier molecular flexibility index (Phi) is 6.64. The summed E-state index contributed by atoms with van der Waals surface area (Å²) in [4.78, 5) is 49.4. The number of imide groups is 2. The van der Waals surface area contributed by atoms with Crippen LogP contribution in [0.25, 0.3) is 6.08 Å². The van der Waals surface area contributed by atoms with Gasteiger partial charge in [-0.1, -0.05) is 11.6 Å². The molecule has 1 saturated heterocycles. The molecule has 0 saturated carbocycles. The van der Waals surface area contributed by atoms with Gasteiger partial charge in [0.1, 0.15) is 11.3 Å². The van der Waals surface area contributed by atoms with Gasteiger partial charge in [0.05, 0.1) is 17.3 Å². The van der Waals surface area contributed by atoms with Crippen LogP contribution in [0.2, 0.25) is 5.02 Å². The fraction of sp³-hybridized carbons (Fsp3) is 0.143. The number of nitrogens with two attached hydrogens (primary N) is 1. The first-order valence-corrected chi connectivity index (χ1v) is 9.67. The van der Waals surface area contributed by atoms with Gasteiger partial charge in [-0.3, -0.25) is 19.7 Å². The summed E-state index contributed by atoms with van der Waals surface area (Å²) in [5.74, 6) is -2.27. The van der Waals surface area contributed by atoms with Gasteiger partial charge in [0, 0.05) is 0 Å². The van der Waals surface area contributed by atoms with Crippen molar-refractivity contribution in [3.05, 3.63) is 52.6 Å². The van der Waals surface area contributed by atoms with Gasteiger partial charge in [0.2, 0.25) is 0 Å². The van der Waals surface area contributed by atoms with E-state index in [0.717, 1.165) is 4.90 Å². The van der Waals surface area contributed by atoms with Crippen LogP contribution in [0, 0.1) is 0 Å². The van der Waals surface area contributed by atoms with Gasteiger partial charge in [-0.2, -0.15) is 0 Å². The van der Waals surface area contributed by atoms with E-state index in [2.05, 4.69) is 5.32 Å². The van der Waals surface area contributed by atoms with Crippen LogP contribution in [0.1, 0.15) is 12.5 Å². The number of ether oxygens (including phenoxy) is 2. The van der Waals surface area contributed by atoms with Gasteiger partial charge in [-0.15, -0.1) is 0 Å². The molecule has 4 N–H and O–H groups in total. The first-order chi connectivity index (χ1) is 15.2. The number of halogens is 1. The Morgan fingerprint density at radius 3 is 2.50 bits per heavy atom. The molecule has 0 unspecified atom stereocenters. The smallest absolute Gasteiger partial charge is 0.335 e. The van der Waals surface area contributed by atoms with Crippen LogP contribution < -0.4 is 25.4 Å². The highest BCUT2D eigenvalue weighted by Crippen LogP contribution is 2.37. The minimum atomic E-state index is -0.925. The summed E-state index contributed by atoms with van der Waals surface area (Å²) in [6.07, 6.45) is 1.24. The number of phenols is 1. The van der Waals surface area contributed by atoms with Gasteiger partial charge in [0.15, 0.2) is 18.1 Å². The molecule has 0 spiro atoms. The first-order valence-electron chi connectivity index (χ1n) is 9.29. The summed E-state index contributed by atoms with van der Waals surface area (Å²) in [5, 5.41) is 11.6. The lowest BCUT2D eigenvalue weighted by Crippen LogP contribution is -2.54. The van der Waals surface area contributed by atoms with Crippen LogP contribution in [-0.2, 0) is 14.4 Å². The average molecular weight is 460 g/mol. The molecule has 3 rings (SSSR count). The zero-order valence-electron chi connectivity index (χ0n) is 16.8. The van der Waals surface area contributed by atoms with Crippen molar-refractivity contribution in [2.45, 2.75) is 6.92 Å². The summed E-state index contributed by atoms with van der Waals surface area (Å²) < 4.78 is 10.8. The second-order valence-corrected chi connectivity index (χ2v) is 6.90. The van der Waals surface area contributed by atoms with Crippen molar-refractivity contribution < 1.29 is 33.8 Å². The fourth-order valence-electron chi connectivity index (χ4n) is 2.88. The molecule has 0 atom stereocenters. The van der Waals surface area contributed by atoms with E-state index in [1.54, 1.807) is 6.92 Å². The molecular weight excluding hydrogens is 442 g/mol. The Morgan fingerprint density at radius 1 is 1.19 bits per heavy atom. The number of benzene rings is 2. The molecule has 32 heavy (non-hydrogen) atoms. The highest BCUT2D eigenvalue weighted by atomic mass is 35.5. The number of anilines is 1. The molecule has 11 heteroatoms. The molecule has 166 valence electrons. The molecule has 1 aliphatic rings. The Morgan fingerprint density at radius 2 is 1.88 bits per heavy atom. The molecule has 0 aliphatic carbocycles. The first kappa shape index (κ1) is 22.6. The second-order valence-electron chi connectivity index (χ2n) is 6.49. The zero-order valence-corrected chi connectivity index (χ0v) is 17.5. The third-order valence-corrected chi connectivity index (χ3v) is 4.49. The molecule has 2 aromatic rings. The maximum atomic E-state index is 12.9. The fourth-order valence-corrected chi connectivity index (χ4v) is 3.15. The van der Waals surface area contributed by atoms with Crippen molar-refractivity contribution in [1.29, 1.82) is 0 Å². The number of urea groups is 1. The van der Waals surface area contributed by atoms with Crippen molar-refractivity contribution in [1.82, 2.24) is 5.32 Å². The topological polar surface area (TPSA) is 148 Å². The number of hydrogen-bond donors (Lipinski definition) is 3. The number of hydrogen-bond acceptors (Lipinski definition) is 7. The van der Waals surface area contributed by atoms with Crippen molar-refractivity contribution in [2.75, 3.05) is 18.1 Å². The van der Waals surface area contributed by atoms with Crippen molar-refractivity contribution in [2.24, 2.45) is 5.73 Å². The van der Waals surface area contributed by atoms with E-state index in [-0.39, 0.29) is 40.1 Å². The Labute approximate surface area is 187 Å². The lowest BCUT2D eigenvalue weighted by molar-refractivity contribution is -0.123. The maximum Gasteiger partial charge on any atom is 0.335 e. The minimum absolute atomic E-state index is 0.0535. The van der Waals surface area contributed by atoms with E-state index in [9.17, 15) is 24.3 Å². The van der Waals surface area contributed by atoms with Gasteiger partial charge >= 0.3 is 6.03 Å². The Hall–Kier alpha value is -4.05. The number of carbonyl (C=O) groups excluding carboxylic acids is 4. The molecule has 0 aromatic heterocycles.